The molecule has 0 spiro atoms. The molecule has 0 bridgehead atoms. The van der Waals surface area contributed by atoms with Crippen molar-refractivity contribution in [2.45, 2.75) is 19.8 Å². The van der Waals surface area contributed by atoms with E-state index in [4.69, 9.17) is 10.5 Å². The molecule has 3 nitrogen and oxygen atoms in total. The second-order valence-corrected chi connectivity index (χ2v) is 2.22. The first-order valence-corrected chi connectivity index (χ1v) is 3.53. The average molecular weight is 144 g/mol. The van der Waals surface area contributed by atoms with Crippen molar-refractivity contribution in [1.82, 2.24) is 0 Å². The van der Waals surface area contributed by atoms with Gasteiger partial charge in [-0.25, -0.2) is 0 Å². The maximum absolute atomic E-state index is 5.33. The van der Waals surface area contributed by atoms with E-state index in [0.717, 1.165) is 26.0 Å². The van der Waals surface area contributed by atoms with Crippen LogP contribution in [0.4, 0.5) is 0 Å². The van der Waals surface area contributed by atoms with E-state index in [-0.39, 0.29) is 0 Å². The van der Waals surface area contributed by atoms with Gasteiger partial charge >= 0.3 is 0 Å². The second-order valence-electron chi connectivity index (χ2n) is 2.22. The summed E-state index contributed by atoms with van der Waals surface area (Å²) in [6.45, 7) is 3.45. The fourth-order valence-corrected chi connectivity index (χ4v) is 0.614. The number of methoxy groups -OCH3 is 1. The number of amidine groups is 1. The molecule has 0 aromatic rings. The summed E-state index contributed by atoms with van der Waals surface area (Å²) in [7, 11) is 1.71. The number of hydrogen-bond acceptors (Lipinski definition) is 2. The Hall–Kier alpha value is -0.570. The molecule has 0 radical (unpaired) electrons. The number of hydrogen-bond donors (Lipinski definition) is 1. The third-order valence-corrected chi connectivity index (χ3v) is 1.12. The van der Waals surface area contributed by atoms with Gasteiger partial charge in [-0.3, -0.25) is 4.99 Å². The summed E-state index contributed by atoms with van der Waals surface area (Å²) in [4.78, 5) is 4.04. The van der Waals surface area contributed by atoms with Crippen molar-refractivity contribution in [3.8, 4) is 0 Å². The Kier molecular flexibility index (Phi) is 6.18. The SMILES string of the molecule is COCCCCN=C(C)N. The van der Waals surface area contributed by atoms with Crippen LogP contribution < -0.4 is 5.73 Å². The smallest absolute Gasteiger partial charge is 0.0905 e. The van der Waals surface area contributed by atoms with Gasteiger partial charge in [0.1, 0.15) is 0 Å². The van der Waals surface area contributed by atoms with Crippen molar-refractivity contribution in [3.05, 3.63) is 0 Å². The summed E-state index contributed by atoms with van der Waals surface area (Å²) < 4.78 is 4.87. The molecule has 10 heavy (non-hydrogen) atoms. The number of nitrogens with two attached hydrogens (primary N) is 1. The molecule has 0 amide bonds. The highest BCUT2D eigenvalue weighted by atomic mass is 16.5. The third-order valence-electron chi connectivity index (χ3n) is 1.12. The summed E-state index contributed by atoms with van der Waals surface area (Å²) >= 11 is 0. The van der Waals surface area contributed by atoms with Crippen molar-refractivity contribution >= 4 is 5.84 Å². The Labute approximate surface area is 62.3 Å². The molecule has 0 aromatic heterocycles. The van der Waals surface area contributed by atoms with Gasteiger partial charge in [-0.1, -0.05) is 0 Å². The predicted octanol–water partition coefficient (Wildman–Crippen LogP) is 0.790. The predicted molar refractivity (Wildman–Crippen MR) is 43.3 cm³/mol. The van der Waals surface area contributed by atoms with Crippen molar-refractivity contribution < 1.29 is 4.74 Å². The minimum absolute atomic E-state index is 0.664. The molecular formula is C7H16N2O. The maximum atomic E-state index is 5.33. The molecule has 0 atom stereocenters. The zero-order chi connectivity index (χ0) is 7.82. The molecule has 0 aliphatic heterocycles. The van der Waals surface area contributed by atoms with Crippen molar-refractivity contribution in [1.29, 1.82) is 0 Å². The third kappa shape index (κ3) is 7.43. The van der Waals surface area contributed by atoms with Gasteiger partial charge in [0.05, 0.1) is 5.84 Å². The summed E-state index contributed by atoms with van der Waals surface area (Å²) in [6.07, 6.45) is 2.12. The molecule has 0 aliphatic carbocycles. The van der Waals surface area contributed by atoms with E-state index in [0.29, 0.717) is 5.84 Å². The summed E-state index contributed by atoms with van der Waals surface area (Å²) in [5, 5.41) is 0. The van der Waals surface area contributed by atoms with Crippen molar-refractivity contribution in [2.24, 2.45) is 10.7 Å². The van der Waals surface area contributed by atoms with E-state index in [1.54, 1.807) is 14.0 Å². The van der Waals surface area contributed by atoms with Gasteiger partial charge in [0.15, 0.2) is 0 Å². The van der Waals surface area contributed by atoms with Crippen LogP contribution in [0.5, 0.6) is 0 Å². The van der Waals surface area contributed by atoms with Gasteiger partial charge in [0.25, 0.3) is 0 Å². The summed E-state index contributed by atoms with van der Waals surface area (Å²) in [5.41, 5.74) is 5.33. The molecule has 0 saturated carbocycles. The summed E-state index contributed by atoms with van der Waals surface area (Å²) in [6, 6.07) is 0. The van der Waals surface area contributed by atoms with Crippen molar-refractivity contribution in [2.75, 3.05) is 20.3 Å². The lowest BCUT2D eigenvalue weighted by molar-refractivity contribution is 0.193. The van der Waals surface area contributed by atoms with Gasteiger partial charge in [0.2, 0.25) is 0 Å². The van der Waals surface area contributed by atoms with E-state index in [9.17, 15) is 0 Å². The Bertz CT molecular complexity index is 97.8. The normalized spacial score (nSPS) is 12.0. The molecule has 0 aliphatic rings. The zero-order valence-electron chi connectivity index (χ0n) is 6.76. The van der Waals surface area contributed by atoms with E-state index in [1.165, 1.54) is 0 Å². The molecule has 0 saturated heterocycles. The van der Waals surface area contributed by atoms with E-state index in [1.807, 2.05) is 0 Å². The quantitative estimate of drug-likeness (QED) is 0.352. The van der Waals surface area contributed by atoms with Crippen LogP contribution in [0.3, 0.4) is 0 Å². The zero-order valence-corrected chi connectivity index (χ0v) is 6.76. The standard InChI is InChI=1S/C7H16N2O/c1-7(8)9-5-3-4-6-10-2/h3-6H2,1-2H3,(H2,8,9). The first kappa shape index (κ1) is 9.43. The average Bonchev–Trinajstić information content (AvgIpc) is 1.87. The lowest BCUT2D eigenvalue weighted by Crippen LogP contribution is -2.06. The number of aliphatic imine (C=N–C) groups is 1. The molecule has 3 heteroatoms. The lowest BCUT2D eigenvalue weighted by Gasteiger charge is -1.95. The van der Waals surface area contributed by atoms with Crippen LogP contribution in [-0.4, -0.2) is 26.1 Å². The number of nitrogens with zero attached hydrogens (tertiary/aromatic N) is 1. The molecule has 0 unspecified atom stereocenters. The minimum Gasteiger partial charge on any atom is -0.388 e. The Morgan fingerprint density at radius 1 is 1.50 bits per heavy atom. The van der Waals surface area contributed by atoms with Crippen LogP contribution in [-0.2, 0) is 4.74 Å². The molecular weight excluding hydrogens is 128 g/mol. The Morgan fingerprint density at radius 2 is 2.20 bits per heavy atom. The number of unbranched alkanes of at least 4 members (excludes halogenated alkanes) is 1. The van der Waals surface area contributed by atoms with Crippen LogP contribution in [0, 0.1) is 0 Å². The van der Waals surface area contributed by atoms with E-state index >= 15 is 0 Å². The van der Waals surface area contributed by atoms with Gasteiger partial charge < -0.3 is 10.5 Å². The van der Waals surface area contributed by atoms with Gasteiger partial charge in [0, 0.05) is 20.3 Å². The monoisotopic (exact) mass is 144 g/mol. The fraction of sp³-hybridized carbons (Fsp3) is 0.857. The van der Waals surface area contributed by atoms with Crippen LogP contribution in [0.15, 0.2) is 4.99 Å². The highest BCUT2D eigenvalue weighted by molar-refractivity contribution is 5.77. The van der Waals surface area contributed by atoms with Gasteiger partial charge in [-0.2, -0.15) is 0 Å². The topological polar surface area (TPSA) is 47.6 Å². The molecule has 0 rings (SSSR count). The highest BCUT2D eigenvalue weighted by Crippen LogP contribution is 1.89. The van der Waals surface area contributed by atoms with Crippen LogP contribution in [0.2, 0.25) is 0 Å². The fourth-order valence-electron chi connectivity index (χ4n) is 0.614. The first-order valence-electron chi connectivity index (χ1n) is 3.53. The molecule has 0 aromatic carbocycles. The second kappa shape index (κ2) is 6.55. The van der Waals surface area contributed by atoms with Crippen LogP contribution in [0.25, 0.3) is 0 Å². The molecule has 2 N–H and O–H groups in total. The van der Waals surface area contributed by atoms with Gasteiger partial charge in [-0.15, -0.1) is 0 Å². The number of rotatable bonds is 5. The molecule has 0 heterocycles. The number of ether oxygens (including phenoxy) is 1. The molecule has 0 fully saturated rings. The lowest BCUT2D eigenvalue weighted by atomic mass is 10.3. The minimum atomic E-state index is 0.664. The Balaban J connectivity index is 2.98. The maximum Gasteiger partial charge on any atom is 0.0905 e. The highest BCUT2D eigenvalue weighted by Gasteiger charge is 1.85. The van der Waals surface area contributed by atoms with E-state index < -0.39 is 0 Å². The molecule has 60 valence electrons. The Morgan fingerprint density at radius 3 is 2.70 bits per heavy atom. The van der Waals surface area contributed by atoms with Crippen molar-refractivity contribution in [3.63, 3.8) is 0 Å². The van der Waals surface area contributed by atoms with Crippen LogP contribution in [0.1, 0.15) is 19.8 Å². The van der Waals surface area contributed by atoms with E-state index in [2.05, 4.69) is 4.99 Å². The van der Waals surface area contributed by atoms with Gasteiger partial charge in [-0.05, 0) is 19.8 Å². The largest absolute Gasteiger partial charge is 0.388 e. The van der Waals surface area contributed by atoms with Crippen LogP contribution >= 0.6 is 0 Å². The summed E-state index contributed by atoms with van der Waals surface area (Å²) in [5.74, 6) is 0.664. The first-order chi connectivity index (χ1) is 4.77.